The number of rotatable bonds is 1. The zero-order valence-electron chi connectivity index (χ0n) is 8.41. The van der Waals surface area contributed by atoms with E-state index in [1.54, 1.807) is 0 Å². The highest BCUT2D eigenvalue weighted by molar-refractivity contribution is 5.69. The van der Waals surface area contributed by atoms with Crippen molar-refractivity contribution in [2.75, 3.05) is 6.61 Å². The lowest BCUT2D eigenvalue weighted by Crippen LogP contribution is -2.49. The van der Waals surface area contributed by atoms with Crippen LogP contribution in [0.1, 0.15) is 11.6 Å². The van der Waals surface area contributed by atoms with Crippen LogP contribution in [0.15, 0.2) is 18.2 Å². The van der Waals surface area contributed by atoms with E-state index in [1.165, 1.54) is 0 Å². The second kappa shape index (κ2) is 3.83. The molecular weight excluding hydrogens is 239 g/mol. The van der Waals surface area contributed by atoms with Crippen LogP contribution in [-0.2, 0) is 4.74 Å². The number of ether oxygens (including phenoxy) is 1. The van der Waals surface area contributed by atoms with E-state index in [-0.39, 0.29) is 5.75 Å². The Bertz CT molecular complexity index is 464. The molecule has 2 N–H and O–H groups in total. The number of hydrogen-bond donors (Lipinski definition) is 2. The molecule has 17 heavy (non-hydrogen) atoms. The van der Waals surface area contributed by atoms with Gasteiger partial charge in [-0.2, -0.15) is 0 Å². The molecule has 0 spiro atoms. The van der Waals surface area contributed by atoms with Crippen molar-refractivity contribution in [3.8, 4) is 5.75 Å². The largest absolute Gasteiger partial charge is 0.508 e. The highest BCUT2D eigenvalue weighted by atomic mass is 19.3. The topological polar surface area (TPSA) is 58.6 Å². The van der Waals surface area contributed by atoms with E-state index < -0.39 is 36.0 Å². The first-order valence-corrected chi connectivity index (χ1v) is 4.70. The molecule has 4 nitrogen and oxygen atoms in total. The Morgan fingerprint density at radius 2 is 2.18 bits per heavy atom. The maximum Gasteiger partial charge on any atom is 0.408 e. The van der Waals surface area contributed by atoms with Gasteiger partial charge in [-0.05, 0) is 6.07 Å². The van der Waals surface area contributed by atoms with Gasteiger partial charge in [0, 0.05) is 11.6 Å². The molecule has 1 aliphatic heterocycles. The molecule has 1 heterocycles. The first-order valence-electron chi connectivity index (χ1n) is 4.70. The number of phenols is 1. The summed E-state index contributed by atoms with van der Waals surface area (Å²) in [6.07, 6.45) is -1.03. The fourth-order valence-corrected chi connectivity index (χ4v) is 1.57. The summed E-state index contributed by atoms with van der Waals surface area (Å²) in [5.41, 5.74) is -0.399. The van der Waals surface area contributed by atoms with E-state index in [9.17, 15) is 18.0 Å². The Balaban J connectivity index is 2.39. The van der Waals surface area contributed by atoms with Crippen molar-refractivity contribution in [3.63, 3.8) is 0 Å². The smallest absolute Gasteiger partial charge is 0.408 e. The maximum absolute atomic E-state index is 13.4. The van der Waals surface area contributed by atoms with Crippen molar-refractivity contribution in [1.29, 1.82) is 0 Å². The summed E-state index contributed by atoms with van der Waals surface area (Å²) in [6, 6.07) is 0.960. The summed E-state index contributed by atoms with van der Waals surface area (Å²) in [7, 11) is 0. The Hall–Kier alpha value is -1.92. The summed E-state index contributed by atoms with van der Waals surface area (Å²) in [6.45, 7) is -1.11. The second-order valence-electron chi connectivity index (χ2n) is 3.62. The zero-order chi connectivity index (χ0) is 12.6. The summed E-state index contributed by atoms with van der Waals surface area (Å²) in [4.78, 5) is 10.9. The Labute approximate surface area is 94.0 Å². The van der Waals surface area contributed by atoms with Crippen LogP contribution in [0.5, 0.6) is 5.75 Å². The maximum atomic E-state index is 13.4. The third kappa shape index (κ3) is 2.13. The van der Waals surface area contributed by atoms with Crippen LogP contribution in [0.2, 0.25) is 0 Å². The average molecular weight is 247 g/mol. The number of amides is 1. The Kier molecular flexibility index (Phi) is 2.60. The molecule has 1 aromatic carbocycles. The fourth-order valence-electron chi connectivity index (χ4n) is 1.57. The van der Waals surface area contributed by atoms with Crippen LogP contribution in [0.4, 0.5) is 18.0 Å². The van der Waals surface area contributed by atoms with Crippen molar-refractivity contribution in [2.45, 2.75) is 12.0 Å². The Morgan fingerprint density at radius 1 is 1.47 bits per heavy atom. The number of alkyl carbamates (subject to hydrolysis) is 1. The summed E-state index contributed by atoms with van der Waals surface area (Å²) in [5.74, 6) is -4.81. The lowest BCUT2D eigenvalue weighted by Gasteiger charge is -2.31. The molecule has 92 valence electrons. The number of carbonyl (C=O) groups excluding carboxylic acids is 1. The lowest BCUT2D eigenvalue weighted by atomic mass is 9.99. The van der Waals surface area contributed by atoms with Gasteiger partial charge in [-0.3, -0.25) is 0 Å². The van der Waals surface area contributed by atoms with Crippen molar-refractivity contribution in [1.82, 2.24) is 5.32 Å². The molecule has 0 aliphatic carbocycles. The summed E-state index contributed by atoms with van der Waals surface area (Å²) >= 11 is 0. The molecule has 0 radical (unpaired) electrons. The molecule has 0 unspecified atom stereocenters. The van der Waals surface area contributed by atoms with E-state index in [4.69, 9.17) is 5.11 Å². The molecule has 0 saturated carbocycles. The van der Waals surface area contributed by atoms with Gasteiger partial charge in [-0.1, -0.05) is 6.07 Å². The lowest BCUT2D eigenvalue weighted by molar-refractivity contribution is -0.105. The molecule has 7 heteroatoms. The molecule has 1 amide bonds. The molecule has 1 aromatic rings. The van der Waals surface area contributed by atoms with E-state index >= 15 is 0 Å². The van der Waals surface area contributed by atoms with Gasteiger partial charge in [0.1, 0.15) is 17.6 Å². The van der Waals surface area contributed by atoms with Gasteiger partial charge in [-0.15, -0.1) is 0 Å². The average Bonchev–Trinajstić information content (AvgIpc) is 2.23. The quantitative estimate of drug-likeness (QED) is 0.797. The number of nitrogens with one attached hydrogen (secondary N) is 1. The van der Waals surface area contributed by atoms with Gasteiger partial charge >= 0.3 is 12.0 Å². The zero-order valence-corrected chi connectivity index (χ0v) is 8.41. The molecule has 0 bridgehead atoms. The van der Waals surface area contributed by atoms with E-state index in [0.717, 1.165) is 12.1 Å². The molecule has 1 atom stereocenters. The van der Waals surface area contributed by atoms with Gasteiger partial charge in [0.25, 0.3) is 0 Å². The van der Waals surface area contributed by atoms with E-state index in [0.29, 0.717) is 6.07 Å². The monoisotopic (exact) mass is 247 g/mol. The number of halogens is 3. The number of cyclic esters (lactones) is 1. The number of benzene rings is 1. The van der Waals surface area contributed by atoms with Crippen LogP contribution in [0.3, 0.4) is 0 Å². The third-order valence-electron chi connectivity index (χ3n) is 2.38. The molecule has 0 aromatic heterocycles. The first kappa shape index (κ1) is 11.6. The fraction of sp³-hybridized carbons (Fsp3) is 0.300. The minimum absolute atomic E-state index is 0.382. The van der Waals surface area contributed by atoms with Crippen LogP contribution in [0.25, 0.3) is 0 Å². The summed E-state index contributed by atoms with van der Waals surface area (Å²) < 4.78 is 44.4. The molecular formula is C10H8F3NO3. The van der Waals surface area contributed by atoms with E-state index in [1.807, 2.05) is 5.32 Å². The minimum Gasteiger partial charge on any atom is -0.508 e. The molecule has 2 rings (SSSR count). The number of aromatic hydroxyl groups is 1. The normalized spacial score (nSPS) is 22.8. The van der Waals surface area contributed by atoms with Gasteiger partial charge in [0.05, 0.1) is 0 Å². The summed E-state index contributed by atoms with van der Waals surface area (Å²) in [5, 5.41) is 10.8. The van der Waals surface area contributed by atoms with Gasteiger partial charge in [-0.25, -0.2) is 18.0 Å². The number of hydrogen-bond acceptors (Lipinski definition) is 3. The van der Waals surface area contributed by atoms with Crippen molar-refractivity contribution in [2.24, 2.45) is 0 Å². The molecule has 1 fully saturated rings. The highest BCUT2D eigenvalue weighted by Crippen LogP contribution is 2.36. The highest BCUT2D eigenvalue weighted by Gasteiger charge is 2.47. The van der Waals surface area contributed by atoms with Crippen LogP contribution in [-0.4, -0.2) is 23.7 Å². The molecule has 1 aliphatic rings. The minimum atomic E-state index is -3.41. The van der Waals surface area contributed by atoms with E-state index in [2.05, 4.69) is 4.74 Å². The van der Waals surface area contributed by atoms with Crippen molar-refractivity contribution >= 4 is 6.09 Å². The standard InChI is InChI=1S/C10H8F3NO3/c11-7-3-5(15)1-2-6(7)8-10(12,13)4-17-9(16)14-8/h1-3,8,15H,4H2,(H,14,16)/t8-/m0/s1. The first-order chi connectivity index (χ1) is 7.90. The third-order valence-corrected chi connectivity index (χ3v) is 2.38. The van der Waals surface area contributed by atoms with Crippen LogP contribution in [0, 0.1) is 5.82 Å². The number of phenolic OH excluding ortho intramolecular Hbond substituents is 1. The SMILES string of the molecule is O=C1N[C@@H](c2ccc(O)cc2F)C(F)(F)CO1. The molecule has 1 saturated heterocycles. The van der Waals surface area contributed by atoms with Crippen LogP contribution >= 0.6 is 0 Å². The van der Waals surface area contributed by atoms with Gasteiger partial charge in [0.2, 0.25) is 0 Å². The number of alkyl halides is 2. The van der Waals surface area contributed by atoms with Gasteiger partial charge < -0.3 is 15.2 Å². The van der Waals surface area contributed by atoms with Crippen molar-refractivity contribution in [3.05, 3.63) is 29.6 Å². The van der Waals surface area contributed by atoms with Gasteiger partial charge in [0.15, 0.2) is 6.61 Å². The predicted octanol–water partition coefficient (Wildman–Crippen LogP) is 1.95. The second-order valence-corrected chi connectivity index (χ2v) is 3.62. The Morgan fingerprint density at radius 3 is 2.82 bits per heavy atom. The van der Waals surface area contributed by atoms with Crippen molar-refractivity contribution < 1.29 is 27.8 Å². The predicted molar refractivity (Wildman–Crippen MR) is 50.2 cm³/mol. The number of carbonyl (C=O) groups is 1. The van der Waals surface area contributed by atoms with Crippen LogP contribution < -0.4 is 5.32 Å².